The molecule has 4 amide bonds. The summed E-state index contributed by atoms with van der Waals surface area (Å²) in [5.41, 5.74) is 2.02. The van der Waals surface area contributed by atoms with Crippen molar-refractivity contribution in [1.82, 2.24) is 5.32 Å². The first-order valence-electron chi connectivity index (χ1n) is 7.62. The van der Waals surface area contributed by atoms with Crippen LogP contribution in [0.4, 0.5) is 10.5 Å². The molecule has 126 valence electrons. The molecule has 6 nitrogen and oxygen atoms in total. The highest BCUT2D eigenvalue weighted by atomic mass is 16.5. The summed E-state index contributed by atoms with van der Waals surface area (Å²) in [6.45, 7) is 1.94. The fourth-order valence-electron chi connectivity index (χ4n) is 2.45. The molecule has 1 aliphatic heterocycles. The molecule has 0 unspecified atom stereocenters. The van der Waals surface area contributed by atoms with E-state index in [4.69, 9.17) is 4.74 Å². The van der Waals surface area contributed by atoms with Crippen molar-refractivity contribution >= 4 is 29.6 Å². The van der Waals surface area contributed by atoms with Gasteiger partial charge in [-0.05, 0) is 42.8 Å². The van der Waals surface area contributed by atoms with Crippen molar-refractivity contribution in [3.05, 3.63) is 65.2 Å². The summed E-state index contributed by atoms with van der Waals surface area (Å²) in [5, 5.41) is 2.20. The Labute approximate surface area is 144 Å². The monoisotopic (exact) mass is 336 g/mol. The molecule has 0 bridgehead atoms. The summed E-state index contributed by atoms with van der Waals surface area (Å²) >= 11 is 0. The van der Waals surface area contributed by atoms with Crippen LogP contribution in [0.5, 0.6) is 5.75 Å². The summed E-state index contributed by atoms with van der Waals surface area (Å²) < 4.78 is 5.07. The molecular weight excluding hydrogens is 320 g/mol. The molecule has 0 radical (unpaired) electrons. The summed E-state index contributed by atoms with van der Waals surface area (Å²) in [6.07, 6.45) is 1.47. The van der Waals surface area contributed by atoms with E-state index in [2.05, 4.69) is 5.32 Å². The van der Waals surface area contributed by atoms with Crippen LogP contribution in [-0.4, -0.2) is 25.0 Å². The molecule has 1 heterocycles. The Morgan fingerprint density at radius 1 is 0.960 bits per heavy atom. The first-order chi connectivity index (χ1) is 12.0. The number of hydrogen-bond acceptors (Lipinski definition) is 4. The van der Waals surface area contributed by atoms with Crippen LogP contribution >= 0.6 is 0 Å². The first-order valence-corrected chi connectivity index (χ1v) is 7.62. The van der Waals surface area contributed by atoms with E-state index in [9.17, 15) is 14.4 Å². The number of amides is 4. The minimum absolute atomic E-state index is 0.0979. The van der Waals surface area contributed by atoms with Crippen LogP contribution in [0.15, 0.2) is 54.1 Å². The number of ether oxygens (including phenoxy) is 1. The molecule has 1 N–H and O–H groups in total. The summed E-state index contributed by atoms with van der Waals surface area (Å²) in [4.78, 5) is 37.9. The molecule has 25 heavy (non-hydrogen) atoms. The lowest BCUT2D eigenvalue weighted by Crippen LogP contribution is -2.54. The van der Waals surface area contributed by atoms with E-state index in [1.807, 2.05) is 19.1 Å². The summed E-state index contributed by atoms with van der Waals surface area (Å²) in [5.74, 6) is -0.778. The Bertz CT molecular complexity index is 867. The second-order valence-corrected chi connectivity index (χ2v) is 5.57. The molecule has 2 aromatic carbocycles. The van der Waals surface area contributed by atoms with E-state index in [1.165, 1.54) is 13.2 Å². The molecule has 2 aromatic rings. The lowest BCUT2D eigenvalue weighted by Gasteiger charge is -2.26. The van der Waals surface area contributed by atoms with E-state index in [0.717, 1.165) is 10.5 Å². The summed E-state index contributed by atoms with van der Waals surface area (Å²) in [7, 11) is 1.52. The van der Waals surface area contributed by atoms with Gasteiger partial charge in [-0.15, -0.1) is 0 Å². The molecule has 3 rings (SSSR count). The minimum Gasteiger partial charge on any atom is -0.497 e. The molecule has 6 heteroatoms. The molecule has 0 spiro atoms. The molecule has 0 aromatic heterocycles. The van der Waals surface area contributed by atoms with Gasteiger partial charge in [-0.1, -0.05) is 29.8 Å². The minimum atomic E-state index is -0.777. The van der Waals surface area contributed by atoms with Gasteiger partial charge in [-0.3, -0.25) is 14.9 Å². The quantitative estimate of drug-likeness (QED) is 0.691. The number of nitrogens with zero attached hydrogens (tertiary/aromatic N) is 1. The molecular formula is C19H16N2O4. The fourth-order valence-corrected chi connectivity index (χ4v) is 2.45. The van der Waals surface area contributed by atoms with Crippen LogP contribution in [-0.2, 0) is 9.59 Å². The highest BCUT2D eigenvalue weighted by Crippen LogP contribution is 2.24. The Balaban J connectivity index is 1.97. The van der Waals surface area contributed by atoms with Gasteiger partial charge in [0.25, 0.3) is 11.8 Å². The zero-order valence-electron chi connectivity index (χ0n) is 13.8. The third-order valence-electron chi connectivity index (χ3n) is 3.82. The zero-order valence-corrected chi connectivity index (χ0v) is 13.8. The third-order valence-corrected chi connectivity index (χ3v) is 3.82. The number of carbonyl (C=O) groups excluding carboxylic acids is 3. The third kappa shape index (κ3) is 3.28. The zero-order chi connectivity index (χ0) is 18.0. The molecule has 0 aliphatic carbocycles. The van der Waals surface area contributed by atoms with Crippen LogP contribution < -0.4 is 15.0 Å². The maximum Gasteiger partial charge on any atom is 0.335 e. The predicted molar refractivity (Wildman–Crippen MR) is 93.2 cm³/mol. The molecule has 0 atom stereocenters. The van der Waals surface area contributed by atoms with Crippen molar-refractivity contribution in [1.29, 1.82) is 0 Å². The number of imide groups is 2. The van der Waals surface area contributed by atoms with E-state index < -0.39 is 17.8 Å². The Hall–Kier alpha value is -3.41. The maximum absolute atomic E-state index is 12.7. The van der Waals surface area contributed by atoms with Crippen molar-refractivity contribution in [3.8, 4) is 5.75 Å². The van der Waals surface area contributed by atoms with Crippen molar-refractivity contribution in [3.63, 3.8) is 0 Å². The SMILES string of the molecule is COc1ccc(N2C(=O)NC(=O)/C(=C\c3ccc(C)cc3)C2=O)cc1. The summed E-state index contributed by atoms with van der Waals surface area (Å²) in [6, 6.07) is 13.0. The van der Waals surface area contributed by atoms with Gasteiger partial charge in [0.15, 0.2) is 0 Å². The number of rotatable bonds is 3. The fraction of sp³-hybridized carbons (Fsp3) is 0.105. The predicted octanol–water partition coefficient (Wildman–Crippen LogP) is 2.67. The van der Waals surface area contributed by atoms with Gasteiger partial charge in [0.1, 0.15) is 11.3 Å². The lowest BCUT2D eigenvalue weighted by atomic mass is 10.1. The second-order valence-electron chi connectivity index (χ2n) is 5.57. The number of benzene rings is 2. The number of methoxy groups -OCH3 is 1. The van der Waals surface area contributed by atoms with Crippen LogP contribution in [0.25, 0.3) is 6.08 Å². The Morgan fingerprint density at radius 3 is 2.20 bits per heavy atom. The van der Waals surface area contributed by atoms with Crippen LogP contribution in [0.1, 0.15) is 11.1 Å². The van der Waals surface area contributed by atoms with E-state index in [1.54, 1.807) is 36.4 Å². The topological polar surface area (TPSA) is 75.7 Å². The average molecular weight is 336 g/mol. The van der Waals surface area contributed by atoms with Gasteiger partial charge in [-0.25, -0.2) is 9.69 Å². The number of urea groups is 1. The molecule has 1 fully saturated rings. The maximum atomic E-state index is 12.7. The van der Waals surface area contributed by atoms with Crippen molar-refractivity contribution in [2.75, 3.05) is 12.0 Å². The first kappa shape index (κ1) is 16.4. The standard InChI is InChI=1S/C19H16N2O4/c1-12-3-5-13(6-4-12)11-16-17(22)20-19(24)21(18(16)23)14-7-9-15(25-2)10-8-14/h3-11H,1-2H3,(H,20,22,24)/b16-11+. The lowest BCUT2D eigenvalue weighted by molar-refractivity contribution is -0.122. The second kappa shape index (κ2) is 6.60. The van der Waals surface area contributed by atoms with Crippen LogP contribution in [0.3, 0.4) is 0 Å². The van der Waals surface area contributed by atoms with Gasteiger partial charge in [0.05, 0.1) is 12.8 Å². The van der Waals surface area contributed by atoms with Gasteiger partial charge < -0.3 is 4.74 Å². The van der Waals surface area contributed by atoms with E-state index in [0.29, 0.717) is 17.0 Å². The number of carbonyl (C=O) groups is 3. The van der Waals surface area contributed by atoms with Gasteiger partial charge in [-0.2, -0.15) is 0 Å². The number of anilines is 1. The van der Waals surface area contributed by atoms with Gasteiger partial charge in [0, 0.05) is 0 Å². The van der Waals surface area contributed by atoms with E-state index in [-0.39, 0.29) is 5.57 Å². The van der Waals surface area contributed by atoms with Crippen molar-refractivity contribution in [2.24, 2.45) is 0 Å². The average Bonchev–Trinajstić information content (AvgIpc) is 2.60. The van der Waals surface area contributed by atoms with Gasteiger partial charge >= 0.3 is 6.03 Å². The smallest absolute Gasteiger partial charge is 0.335 e. The Kier molecular flexibility index (Phi) is 4.35. The Morgan fingerprint density at radius 2 is 1.60 bits per heavy atom. The molecule has 1 aliphatic rings. The highest BCUT2D eigenvalue weighted by molar-refractivity contribution is 6.39. The van der Waals surface area contributed by atoms with E-state index >= 15 is 0 Å². The van der Waals surface area contributed by atoms with Crippen LogP contribution in [0.2, 0.25) is 0 Å². The van der Waals surface area contributed by atoms with Crippen molar-refractivity contribution in [2.45, 2.75) is 6.92 Å². The largest absolute Gasteiger partial charge is 0.497 e. The van der Waals surface area contributed by atoms with Gasteiger partial charge in [0.2, 0.25) is 0 Å². The number of hydrogen-bond donors (Lipinski definition) is 1. The number of nitrogens with one attached hydrogen (secondary N) is 1. The van der Waals surface area contributed by atoms with Crippen LogP contribution in [0, 0.1) is 6.92 Å². The number of barbiturate groups is 1. The van der Waals surface area contributed by atoms with Crippen molar-refractivity contribution < 1.29 is 19.1 Å². The highest BCUT2D eigenvalue weighted by Gasteiger charge is 2.36. The molecule has 0 saturated carbocycles. The number of aryl methyl sites for hydroxylation is 1. The molecule has 1 saturated heterocycles. The normalized spacial score (nSPS) is 16.2.